The maximum atomic E-state index is 12.9. The smallest absolute Gasteiger partial charge is 0.274 e. The first-order valence-electron chi connectivity index (χ1n) is 9.43. The number of hydrogen-bond acceptors (Lipinski definition) is 5. The van der Waals surface area contributed by atoms with Crippen molar-refractivity contribution in [1.29, 1.82) is 0 Å². The van der Waals surface area contributed by atoms with E-state index in [1.807, 2.05) is 84.9 Å². The Morgan fingerprint density at radius 3 is 2.23 bits per heavy atom. The molecular formula is C24H20N4O2. The Hall–Kier alpha value is -4.19. The SMILES string of the molecule is COc1cccc(Nc2cc(C(=O)Nc3ccccc3)nc(-c3ccccc3)n2)c1. The third-order valence-corrected chi connectivity index (χ3v) is 4.36. The van der Waals surface area contributed by atoms with Crippen molar-refractivity contribution in [3.05, 3.63) is 96.7 Å². The lowest BCUT2D eigenvalue weighted by Crippen LogP contribution is -2.15. The van der Waals surface area contributed by atoms with Gasteiger partial charge in [0.25, 0.3) is 5.91 Å². The highest BCUT2D eigenvalue weighted by atomic mass is 16.5. The van der Waals surface area contributed by atoms with Crippen LogP contribution in [0.5, 0.6) is 5.75 Å². The largest absolute Gasteiger partial charge is 0.497 e. The maximum Gasteiger partial charge on any atom is 0.274 e. The fourth-order valence-corrected chi connectivity index (χ4v) is 2.91. The average molecular weight is 396 g/mol. The molecule has 0 aliphatic carbocycles. The number of hydrogen-bond donors (Lipinski definition) is 2. The highest BCUT2D eigenvalue weighted by Gasteiger charge is 2.14. The number of ether oxygens (including phenoxy) is 1. The van der Waals surface area contributed by atoms with Gasteiger partial charge in [0.05, 0.1) is 7.11 Å². The van der Waals surface area contributed by atoms with Gasteiger partial charge in [0, 0.05) is 29.1 Å². The van der Waals surface area contributed by atoms with Crippen LogP contribution in [0, 0.1) is 0 Å². The van der Waals surface area contributed by atoms with Crippen molar-refractivity contribution in [2.75, 3.05) is 17.7 Å². The molecule has 0 atom stereocenters. The van der Waals surface area contributed by atoms with Gasteiger partial charge in [-0.3, -0.25) is 4.79 Å². The van der Waals surface area contributed by atoms with Gasteiger partial charge in [-0.25, -0.2) is 9.97 Å². The molecule has 0 aliphatic heterocycles. The second-order valence-corrected chi connectivity index (χ2v) is 6.51. The summed E-state index contributed by atoms with van der Waals surface area (Å²) in [5, 5.41) is 6.11. The Balaban J connectivity index is 1.70. The van der Waals surface area contributed by atoms with E-state index in [0.29, 0.717) is 17.3 Å². The monoisotopic (exact) mass is 396 g/mol. The van der Waals surface area contributed by atoms with Crippen molar-refractivity contribution < 1.29 is 9.53 Å². The van der Waals surface area contributed by atoms with E-state index in [2.05, 4.69) is 20.6 Å². The Bertz CT molecular complexity index is 1150. The van der Waals surface area contributed by atoms with Crippen LogP contribution in [0.1, 0.15) is 10.5 Å². The van der Waals surface area contributed by atoms with E-state index >= 15 is 0 Å². The van der Waals surface area contributed by atoms with E-state index in [1.54, 1.807) is 13.2 Å². The van der Waals surface area contributed by atoms with E-state index in [9.17, 15) is 4.79 Å². The van der Waals surface area contributed by atoms with Gasteiger partial charge in [-0.1, -0.05) is 54.6 Å². The van der Waals surface area contributed by atoms with Crippen LogP contribution in [0.15, 0.2) is 91.0 Å². The third-order valence-electron chi connectivity index (χ3n) is 4.36. The third kappa shape index (κ3) is 4.62. The van der Waals surface area contributed by atoms with Crippen LogP contribution in [0.2, 0.25) is 0 Å². The van der Waals surface area contributed by atoms with Crippen molar-refractivity contribution in [1.82, 2.24) is 9.97 Å². The predicted octanol–water partition coefficient (Wildman–Crippen LogP) is 5.15. The number of aromatic nitrogens is 2. The van der Waals surface area contributed by atoms with Crippen LogP contribution in [0.4, 0.5) is 17.2 Å². The Morgan fingerprint density at radius 1 is 0.800 bits per heavy atom. The molecule has 1 aromatic heterocycles. The molecule has 3 aromatic carbocycles. The molecular weight excluding hydrogens is 376 g/mol. The molecule has 4 aromatic rings. The molecule has 0 aliphatic rings. The zero-order valence-corrected chi connectivity index (χ0v) is 16.4. The lowest BCUT2D eigenvalue weighted by Gasteiger charge is -2.11. The quantitative estimate of drug-likeness (QED) is 0.471. The van der Waals surface area contributed by atoms with Crippen molar-refractivity contribution in [3.8, 4) is 17.1 Å². The van der Waals surface area contributed by atoms with Crippen molar-refractivity contribution in [2.24, 2.45) is 0 Å². The molecule has 4 rings (SSSR count). The second kappa shape index (κ2) is 8.87. The van der Waals surface area contributed by atoms with Crippen LogP contribution in [-0.2, 0) is 0 Å². The molecule has 0 unspecified atom stereocenters. The number of benzene rings is 3. The van der Waals surface area contributed by atoms with Crippen LogP contribution in [0.25, 0.3) is 11.4 Å². The fraction of sp³-hybridized carbons (Fsp3) is 0.0417. The molecule has 148 valence electrons. The van der Waals surface area contributed by atoms with Crippen LogP contribution >= 0.6 is 0 Å². The van der Waals surface area contributed by atoms with E-state index in [4.69, 9.17) is 4.74 Å². The zero-order chi connectivity index (χ0) is 20.8. The topological polar surface area (TPSA) is 76.1 Å². The van der Waals surface area contributed by atoms with Gasteiger partial charge in [-0.05, 0) is 24.3 Å². The van der Waals surface area contributed by atoms with Gasteiger partial charge in [0.15, 0.2) is 5.82 Å². The van der Waals surface area contributed by atoms with E-state index < -0.39 is 0 Å². The molecule has 6 heteroatoms. The zero-order valence-electron chi connectivity index (χ0n) is 16.4. The standard InChI is InChI=1S/C24H20N4O2/c1-30-20-14-8-13-19(15-20)25-22-16-21(24(29)26-18-11-6-3-7-12-18)27-23(28-22)17-9-4-2-5-10-17/h2-16H,1H3,(H,26,29)(H,25,27,28). The molecule has 1 amide bonds. The minimum Gasteiger partial charge on any atom is -0.497 e. The van der Waals surface area contributed by atoms with Gasteiger partial charge in [-0.15, -0.1) is 0 Å². The van der Waals surface area contributed by atoms with Crippen molar-refractivity contribution in [3.63, 3.8) is 0 Å². The number of rotatable bonds is 6. The van der Waals surface area contributed by atoms with E-state index in [0.717, 1.165) is 17.0 Å². The molecule has 0 saturated carbocycles. The van der Waals surface area contributed by atoms with Crippen molar-refractivity contribution in [2.45, 2.75) is 0 Å². The molecule has 0 fully saturated rings. The summed E-state index contributed by atoms with van der Waals surface area (Å²) in [5.74, 6) is 1.38. The Kier molecular flexibility index (Phi) is 5.66. The Labute approximate surface area is 174 Å². The summed E-state index contributed by atoms with van der Waals surface area (Å²) in [4.78, 5) is 21.9. The predicted molar refractivity (Wildman–Crippen MR) is 118 cm³/mol. The summed E-state index contributed by atoms with van der Waals surface area (Å²) in [7, 11) is 1.61. The lowest BCUT2D eigenvalue weighted by molar-refractivity contribution is 0.102. The number of methoxy groups -OCH3 is 1. The first-order valence-corrected chi connectivity index (χ1v) is 9.43. The first-order chi connectivity index (χ1) is 14.7. The van der Waals surface area contributed by atoms with Gasteiger partial charge in [0.2, 0.25) is 0 Å². The van der Waals surface area contributed by atoms with E-state index in [-0.39, 0.29) is 11.6 Å². The number of nitrogens with zero attached hydrogens (tertiary/aromatic N) is 2. The maximum absolute atomic E-state index is 12.9. The molecule has 0 radical (unpaired) electrons. The van der Waals surface area contributed by atoms with Crippen molar-refractivity contribution >= 4 is 23.1 Å². The minimum absolute atomic E-state index is 0.262. The summed E-state index contributed by atoms with van der Waals surface area (Å²) < 4.78 is 5.28. The van der Waals surface area contributed by atoms with Gasteiger partial charge < -0.3 is 15.4 Å². The van der Waals surface area contributed by atoms with Gasteiger partial charge in [0.1, 0.15) is 17.3 Å². The molecule has 0 bridgehead atoms. The highest BCUT2D eigenvalue weighted by molar-refractivity contribution is 6.03. The van der Waals surface area contributed by atoms with Crippen LogP contribution in [0.3, 0.4) is 0 Å². The first kappa shape index (κ1) is 19.1. The highest BCUT2D eigenvalue weighted by Crippen LogP contribution is 2.23. The molecule has 2 N–H and O–H groups in total. The normalized spacial score (nSPS) is 10.3. The number of nitrogens with one attached hydrogen (secondary N) is 2. The Morgan fingerprint density at radius 2 is 1.50 bits per heavy atom. The molecule has 1 heterocycles. The number of carbonyl (C=O) groups is 1. The molecule has 0 saturated heterocycles. The number of anilines is 3. The molecule has 30 heavy (non-hydrogen) atoms. The van der Waals surface area contributed by atoms with Gasteiger partial charge >= 0.3 is 0 Å². The van der Waals surface area contributed by atoms with E-state index in [1.165, 1.54) is 0 Å². The van der Waals surface area contributed by atoms with Crippen LogP contribution < -0.4 is 15.4 Å². The number of carbonyl (C=O) groups excluding carboxylic acids is 1. The summed E-state index contributed by atoms with van der Waals surface area (Å²) in [5.41, 5.74) is 2.57. The summed E-state index contributed by atoms with van der Waals surface area (Å²) >= 11 is 0. The second-order valence-electron chi connectivity index (χ2n) is 6.51. The summed E-state index contributed by atoms with van der Waals surface area (Å²) in [6, 6.07) is 27.9. The lowest BCUT2D eigenvalue weighted by atomic mass is 10.2. The van der Waals surface area contributed by atoms with Crippen LogP contribution in [-0.4, -0.2) is 23.0 Å². The minimum atomic E-state index is -0.311. The summed E-state index contributed by atoms with van der Waals surface area (Å²) in [6.07, 6.45) is 0. The number of para-hydroxylation sites is 1. The average Bonchev–Trinajstić information content (AvgIpc) is 2.80. The van der Waals surface area contributed by atoms with Gasteiger partial charge in [-0.2, -0.15) is 0 Å². The molecule has 6 nitrogen and oxygen atoms in total. The fourth-order valence-electron chi connectivity index (χ4n) is 2.91. The number of amides is 1. The summed E-state index contributed by atoms with van der Waals surface area (Å²) in [6.45, 7) is 0. The molecule has 0 spiro atoms.